The van der Waals surface area contributed by atoms with E-state index in [1.807, 2.05) is 54.3 Å². The number of likely N-dealkylation sites (tertiary alicyclic amines) is 1. The summed E-state index contributed by atoms with van der Waals surface area (Å²) in [6.07, 6.45) is 9.98. The number of piperidine rings is 1. The number of nitrogens with zero attached hydrogens (tertiary/aromatic N) is 5. The van der Waals surface area contributed by atoms with E-state index in [9.17, 15) is 9.18 Å². The molecule has 5 rings (SSSR count). The highest BCUT2D eigenvalue weighted by molar-refractivity contribution is 5.96. The number of benzene rings is 1. The molecule has 8 nitrogen and oxygen atoms in total. The Kier molecular flexibility index (Phi) is 7.48. The topological polar surface area (TPSA) is 63.7 Å². The lowest BCUT2D eigenvalue weighted by Gasteiger charge is -2.41. The molecule has 0 bridgehead atoms. The van der Waals surface area contributed by atoms with Crippen LogP contribution in [0.3, 0.4) is 0 Å². The van der Waals surface area contributed by atoms with E-state index in [-0.39, 0.29) is 17.8 Å². The molecule has 10 heteroatoms. The van der Waals surface area contributed by atoms with Crippen molar-refractivity contribution in [3.63, 3.8) is 0 Å². The number of ether oxygens (including phenoxy) is 1. The molecule has 2 fully saturated rings. The molecule has 1 N–H and O–H groups in total. The zero-order valence-electron chi connectivity index (χ0n) is 23.9. The highest BCUT2D eigenvalue weighted by atomic mass is 19.1. The first-order valence-corrected chi connectivity index (χ1v) is 13.7. The number of carbonyl (C=O) groups is 1. The van der Waals surface area contributed by atoms with Crippen molar-refractivity contribution in [2.45, 2.75) is 50.5 Å². The standard InChI is InChI=1S/C30H38F2N6O2/c1-19-13-24(31)22(29(39)34-20-7-8-20)14-21(19)25(33-2)17-36(4)28-18-37(5)27-15-26(40-6)23(16-38(27)28)30(32)9-11-35(3)12-10-30/h13-18,20,27H,2,7-12H2,1,3-6H3,(H,34,39)/b25-17-. The molecule has 1 aromatic carbocycles. The minimum atomic E-state index is -1.49. The lowest BCUT2D eigenvalue weighted by atomic mass is 9.84. The molecular weight excluding hydrogens is 514 g/mol. The van der Waals surface area contributed by atoms with E-state index < -0.39 is 17.4 Å². The van der Waals surface area contributed by atoms with Crippen LogP contribution >= 0.6 is 0 Å². The fraction of sp³-hybridized carbons (Fsp3) is 0.467. The van der Waals surface area contributed by atoms with Crippen molar-refractivity contribution < 1.29 is 18.3 Å². The third-order valence-electron chi connectivity index (χ3n) is 8.20. The number of rotatable bonds is 8. The van der Waals surface area contributed by atoms with Crippen LogP contribution in [0, 0.1) is 12.7 Å². The Morgan fingerprint density at radius 3 is 2.55 bits per heavy atom. The van der Waals surface area contributed by atoms with Crippen LogP contribution in [0.4, 0.5) is 8.78 Å². The summed E-state index contributed by atoms with van der Waals surface area (Å²) in [4.78, 5) is 25.0. The van der Waals surface area contributed by atoms with E-state index in [4.69, 9.17) is 4.74 Å². The second-order valence-corrected chi connectivity index (χ2v) is 11.2. The van der Waals surface area contributed by atoms with Gasteiger partial charge in [0, 0.05) is 69.0 Å². The molecule has 1 saturated heterocycles. The first kappa shape index (κ1) is 27.9. The van der Waals surface area contributed by atoms with Crippen LogP contribution in [0.15, 0.2) is 59.0 Å². The van der Waals surface area contributed by atoms with Crippen LogP contribution in [-0.4, -0.2) is 91.4 Å². The maximum Gasteiger partial charge on any atom is 0.254 e. The number of aliphatic imine (C=N–C) groups is 1. The van der Waals surface area contributed by atoms with Gasteiger partial charge in [-0.3, -0.25) is 9.79 Å². The second kappa shape index (κ2) is 10.7. The smallest absolute Gasteiger partial charge is 0.254 e. The Balaban J connectivity index is 1.46. The molecule has 1 atom stereocenters. The van der Waals surface area contributed by atoms with Crippen LogP contribution in [0.2, 0.25) is 0 Å². The number of halogens is 2. The summed E-state index contributed by atoms with van der Waals surface area (Å²) in [6, 6.07) is 3.00. The van der Waals surface area contributed by atoms with Crippen LogP contribution in [-0.2, 0) is 4.74 Å². The van der Waals surface area contributed by atoms with E-state index in [2.05, 4.69) is 21.9 Å². The van der Waals surface area contributed by atoms with Gasteiger partial charge in [0.15, 0.2) is 0 Å². The summed E-state index contributed by atoms with van der Waals surface area (Å²) < 4.78 is 36.7. The number of aryl methyl sites for hydroxylation is 1. The fourth-order valence-electron chi connectivity index (χ4n) is 5.51. The van der Waals surface area contributed by atoms with Gasteiger partial charge >= 0.3 is 0 Å². The predicted molar refractivity (Wildman–Crippen MR) is 152 cm³/mol. The molecule has 1 amide bonds. The quantitative estimate of drug-likeness (QED) is 0.488. The number of amides is 1. The average molecular weight is 553 g/mol. The summed E-state index contributed by atoms with van der Waals surface area (Å²) in [7, 11) is 7.41. The van der Waals surface area contributed by atoms with Crippen LogP contribution in [0.5, 0.6) is 0 Å². The molecular formula is C30H38F2N6O2. The SMILES string of the molecule is C=N/C(=C\N(C)C1=CN(C)C2C=C(OC)C(C3(F)CCN(C)CC3)=CN12)c1cc(C(=O)NC2CC2)c(F)cc1C. The third-order valence-corrected chi connectivity index (χ3v) is 8.20. The maximum atomic E-state index is 16.3. The molecule has 1 aliphatic carbocycles. The molecule has 0 radical (unpaired) electrons. The van der Waals surface area contributed by atoms with Crippen molar-refractivity contribution >= 4 is 18.3 Å². The van der Waals surface area contributed by atoms with Crippen molar-refractivity contribution in [1.82, 2.24) is 24.9 Å². The second-order valence-electron chi connectivity index (χ2n) is 11.2. The number of carbonyl (C=O) groups excluding carboxylic acids is 1. The Bertz CT molecular complexity index is 1320. The molecule has 1 unspecified atom stereocenters. The Morgan fingerprint density at radius 1 is 1.23 bits per heavy atom. The summed E-state index contributed by atoms with van der Waals surface area (Å²) in [5.74, 6) is 0.350. The van der Waals surface area contributed by atoms with Gasteiger partial charge in [-0.05, 0) is 64.1 Å². The third kappa shape index (κ3) is 5.24. The Hall–Kier alpha value is -3.66. The maximum absolute atomic E-state index is 16.3. The van der Waals surface area contributed by atoms with Gasteiger partial charge in [-0.15, -0.1) is 0 Å². The monoisotopic (exact) mass is 552 g/mol. The van der Waals surface area contributed by atoms with Gasteiger partial charge in [0.05, 0.1) is 18.4 Å². The first-order chi connectivity index (χ1) is 19.0. The summed E-state index contributed by atoms with van der Waals surface area (Å²) in [5.41, 5.74) is 0.767. The highest BCUT2D eigenvalue weighted by Crippen LogP contribution is 2.42. The Labute approximate surface area is 234 Å². The molecule has 4 aliphatic rings. The number of fused-ring (bicyclic) bond motifs is 1. The predicted octanol–water partition coefficient (Wildman–Crippen LogP) is 4.19. The highest BCUT2D eigenvalue weighted by Gasteiger charge is 2.44. The van der Waals surface area contributed by atoms with E-state index in [1.165, 1.54) is 12.1 Å². The molecule has 0 aromatic heterocycles. The van der Waals surface area contributed by atoms with Crippen molar-refractivity contribution in [3.05, 3.63) is 76.5 Å². The van der Waals surface area contributed by atoms with Crippen molar-refractivity contribution in [2.24, 2.45) is 4.99 Å². The van der Waals surface area contributed by atoms with E-state index in [0.717, 1.165) is 18.7 Å². The normalized spacial score (nSPS) is 22.7. The molecule has 3 aliphatic heterocycles. The van der Waals surface area contributed by atoms with Gasteiger partial charge in [-0.2, -0.15) is 0 Å². The van der Waals surface area contributed by atoms with Gasteiger partial charge in [0.2, 0.25) is 0 Å². The average Bonchev–Trinajstić information content (AvgIpc) is 3.69. The first-order valence-electron chi connectivity index (χ1n) is 13.7. The number of nitrogens with one attached hydrogen (secondary N) is 1. The molecule has 1 aromatic rings. The molecule has 214 valence electrons. The summed E-state index contributed by atoms with van der Waals surface area (Å²) in [5, 5.41) is 2.85. The molecule has 3 heterocycles. The number of methoxy groups -OCH3 is 1. The zero-order chi connectivity index (χ0) is 28.8. The number of hydrogen-bond donors (Lipinski definition) is 1. The van der Waals surface area contributed by atoms with E-state index >= 15 is 4.39 Å². The molecule has 0 spiro atoms. The van der Waals surface area contributed by atoms with Gasteiger partial charge in [0.25, 0.3) is 5.91 Å². The molecule has 1 saturated carbocycles. The number of hydrogen-bond acceptors (Lipinski definition) is 7. The largest absolute Gasteiger partial charge is 0.496 e. The lowest BCUT2D eigenvalue weighted by molar-refractivity contribution is 0.0893. The van der Waals surface area contributed by atoms with Crippen molar-refractivity contribution in [3.8, 4) is 0 Å². The summed E-state index contributed by atoms with van der Waals surface area (Å²) in [6.45, 7) is 6.86. The van der Waals surface area contributed by atoms with Gasteiger partial charge in [-0.25, -0.2) is 8.78 Å². The fourth-order valence-corrected chi connectivity index (χ4v) is 5.51. The summed E-state index contributed by atoms with van der Waals surface area (Å²) >= 11 is 0. The van der Waals surface area contributed by atoms with E-state index in [0.29, 0.717) is 54.1 Å². The van der Waals surface area contributed by atoms with Crippen molar-refractivity contribution in [1.29, 1.82) is 0 Å². The zero-order valence-corrected chi connectivity index (χ0v) is 23.9. The minimum Gasteiger partial charge on any atom is -0.496 e. The van der Waals surface area contributed by atoms with Crippen molar-refractivity contribution in [2.75, 3.05) is 41.3 Å². The lowest BCUT2D eigenvalue weighted by Crippen LogP contribution is -2.45. The van der Waals surface area contributed by atoms with Crippen LogP contribution < -0.4 is 5.32 Å². The van der Waals surface area contributed by atoms with Crippen LogP contribution in [0.25, 0.3) is 5.70 Å². The number of allylic oxidation sites excluding steroid dienone is 1. The van der Waals surface area contributed by atoms with Gasteiger partial charge in [-0.1, -0.05) is 0 Å². The Morgan fingerprint density at radius 2 is 1.93 bits per heavy atom. The minimum absolute atomic E-state index is 0.0169. The van der Waals surface area contributed by atoms with Gasteiger partial charge in [0.1, 0.15) is 29.2 Å². The number of likely N-dealkylation sites (N-methyl/N-ethyl adjacent to an activating group) is 1. The van der Waals surface area contributed by atoms with Crippen LogP contribution in [0.1, 0.15) is 47.2 Å². The number of alkyl halides is 1. The van der Waals surface area contributed by atoms with E-state index in [1.54, 1.807) is 20.2 Å². The van der Waals surface area contributed by atoms with Gasteiger partial charge < -0.3 is 29.7 Å². The molecule has 40 heavy (non-hydrogen) atoms.